The van der Waals surface area contributed by atoms with Crippen molar-refractivity contribution in [1.82, 2.24) is 5.43 Å². The van der Waals surface area contributed by atoms with Gasteiger partial charge in [-0.1, -0.05) is 35.9 Å². The first kappa shape index (κ1) is 16.5. The smallest absolute Gasteiger partial charge is 0.272 e. The van der Waals surface area contributed by atoms with Gasteiger partial charge in [0.25, 0.3) is 5.91 Å². The van der Waals surface area contributed by atoms with E-state index in [9.17, 15) is 4.79 Å². The van der Waals surface area contributed by atoms with Crippen LogP contribution in [0.15, 0.2) is 53.6 Å². The zero-order chi connectivity index (χ0) is 16.8. The Kier molecular flexibility index (Phi) is 5.46. The van der Waals surface area contributed by atoms with Crippen LogP contribution in [0.2, 0.25) is 5.02 Å². The summed E-state index contributed by atoms with van der Waals surface area (Å²) in [6, 6.07) is 14.9. The van der Waals surface area contributed by atoms with E-state index in [2.05, 4.69) is 15.4 Å². The Morgan fingerprint density at radius 3 is 2.54 bits per heavy atom. The molecule has 5 nitrogen and oxygen atoms in total. The lowest BCUT2D eigenvalue weighted by atomic mass is 10.2. The van der Waals surface area contributed by atoms with Gasteiger partial charge in [-0.25, -0.2) is 5.43 Å². The van der Waals surface area contributed by atoms with Crippen molar-refractivity contribution in [1.29, 1.82) is 0 Å². The molecule has 3 rings (SSSR count). The standard InChI is InChI=1S/C18H18ClN3O2/c19-17-4-2-1-3-16(17)18(23)21-20-13-14-5-7-15(8-6-14)22-9-11-24-12-10-22/h1-8,13H,9-12H2,(H,21,23)/b20-13+. The third-order valence-corrected chi connectivity index (χ3v) is 4.10. The fourth-order valence-electron chi connectivity index (χ4n) is 2.46. The first-order valence-electron chi connectivity index (χ1n) is 7.75. The van der Waals surface area contributed by atoms with Crippen molar-refractivity contribution >= 4 is 29.4 Å². The highest BCUT2D eigenvalue weighted by Crippen LogP contribution is 2.16. The second-order valence-corrected chi connectivity index (χ2v) is 5.78. The number of nitrogens with zero attached hydrogens (tertiary/aromatic N) is 2. The van der Waals surface area contributed by atoms with Gasteiger partial charge in [0.2, 0.25) is 0 Å². The fourth-order valence-corrected chi connectivity index (χ4v) is 2.69. The number of ether oxygens (including phenoxy) is 1. The Morgan fingerprint density at radius 2 is 1.83 bits per heavy atom. The van der Waals surface area contributed by atoms with E-state index in [1.807, 2.05) is 24.3 Å². The van der Waals surface area contributed by atoms with Crippen molar-refractivity contribution in [3.8, 4) is 0 Å². The van der Waals surface area contributed by atoms with Crippen LogP contribution in [0.4, 0.5) is 5.69 Å². The minimum Gasteiger partial charge on any atom is -0.378 e. The summed E-state index contributed by atoms with van der Waals surface area (Å²) < 4.78 is 5.35. The van der Waals surface area contributed by atoms with Crippen LogP contribution in [-0.4, -0.2) is 38.4 Å². The summed E-state index contributed by atoms with van der Waals surface area (Å²) >= 11 is 5.98. The predicted molar refractivity (Wildman–Crippen MR) is 96.0 cm³/mol. The highest BCUT2D eigenvalue weighted by atomic mass is 35.5. The van der Waals surface area contributed by atoms with Gasteiger partial charge in [-0.2, -0.15) is 5.10 Å². The zero-order valence-corrected chi connectivity index (χ0v) is 13.9. The topological polar surface area (TPSA) is 53.9 Å². The lowest BCUT2D eigenvalue weighted by molar-refractivity contribution is 0.0955. The fraction of sp³-hybridized carbons (Fsp3) is 0.222. The van der Waals surface area contributed by atoms with E-state index in [1.54, 1.807) is 30.5 Å². The molecule has 1 aliphatic rings. The van der Waals surface area contributed by atoms with Crippen LogP contribution in [-0.2, 0) is 4.74 Å². The lowest BCUT2D eigenvalue weighted by Gasteiger charge is -2.28. The van der Waals surface area contributed by atoms with Gasteiger partial charge in [-0.15, -0.1) is 0 Å². The number of hydrogen-bond donors (Lipinski definition) is 1. The number of halogens is 1. The normalized spacial score (nSPS) is 14.8. The minimum absolute atomic E-state index is 0.332. The molecule has 6 heteroatoms. The van der Waals surface area contributed by atoms with E-state index in [0.29, 0.717) is 10.6 Å². The van der Waals surface area contributed by atoms with Gasteiger partial charge in [0, 0.05) is 18.8 Å². The van der Waals surface area contributed by atoms with Gasteiger partial charge in [-0.05, 0) is 29.8 Å². The molecule has 0 atom stereocenters. The predicted octanol–water partition coefficient (Wildman–Crippen LogP) is 2.94. The zero-order valence-electron chi connectivity index (χ0n) is 13.1. The Morgan fingerprint density at radius 1 is 1.12 bits per heavy atom. The van der Waals surface area contributed by atoms with Crippen molar-refractivity contribution in [3.63, 3.8) is 0 Å². The summed E-state index contributed by atoms with van der Waals surface area (Å²) in [4.78, 5) is 14.3. The molecule has 0 aromatic heterocycles. The van der Waals surface area contributed by atoms with Crippen LogP contribution in [0, 0.1) is 0 Å². The highest BCUT2D eigenvalue weighted by Gasteiger charge is 2.10. The molecule has 1 amide bonds. The number of carbonyl (C=O) groups excluding carboxylic acids is 1. The molecule has 2 aromatic carbocycles. The Hall–Kier alpha value is -2.37. The Balaban J connectivity index is 1.58. The number of carbonyl (C=O) groups is 1. The van der Waals surface area contributed by atoms with Crippen molar-refractivity contribution in [2.45, 2.75) is 0 Å². The highest BCUT2D eigenvalue weighted by molar-refractivity contribution is 6.33. The second-order valence-electron chi connectivity index (χ2n) is 5.37. The van der Waals surface area contributed by atoms with Crippen LogP contribution in [0.5, 0.6) is 0 Å². The summed E-state index contributed by atoms with van der Waals surface area (Å²) in [7, 11) is 0. The number of morpholine rings is 1. The molecule has 1 heterocycles. The van der Waals surface area contributed by atoms with Crippen LogP contribution >= 0.6 is 11.6 Å². The van der Waals surface area contributed by atoms with Crippen molar-refractivity contribution in [2.24, 2.45) is 5.10 Å². The van der Waals surface area contributed by atoms with Crippen molar-refractivity contribution in [2.75, 3.05) is 31.2 Å². The number of rotatable bonds is 4. The maximum Gasteiger partial charge on any atom is 0.272 e. The third-order valence-electron chi connectivity index (χ3n) is 3.77. The number of hydrazone groups is 1. The molecule has 2 aromatic rings. The molecule has 1 N–H and O–H groups in total. The third kappa shape index (κ3) is 4.13. The van der Waals surface area contributed by atoms with E-state index in [0.717, 1.165) is 37.6 Å². The SMILES string of the molecule is O=C(N/N=C/c1ccc(N2CCOCC2)cc1)c1ccccc1Cl. The second kappa shape index (κ2) is 7.95. The number of anilines is 1. The molecule has 0 radical (unpaired) electrons. The molecule has 0 saturated carbocycles. The average Bonchev–Trinajstić information content (AvgIpc) is 2.63. The quantitative estimate of drug-likeness (QED) is 0.686. The molecule has 1 fully saturated rings. The van der Waals surface area contributed by atoms with Gasteiger partial charge in [0.05, 0.1) is 30.0 Å². The molecule has 1 aliphatic heterocycles. The first-order chi connectivity index (χ1) is 11.7. The number of hydrogen-bond acceptors (Lipinski definition) is 4. The summed E-state index contributed by atoms with van der Waals surface area (Å²) in [6.45, 7) is 3.33. The average molecular weight is 344 g/mol. The minimum atomic E-state index is -0.332. The van der Waals surface area contributed by atoms with E-state index in [1.165, 1.54) is 0 Å². The largest absolute Gasteiger partial charge is 0.378 e. The van der Waals surface area contributed by atoms with E-state index >= 15 is 0 Å². The molecule has 0 bridgehead atoms. The molecular weight excluding hydrogens is 326 g/mol. The molecule has 24 heavy (non-hydrogen) atoms. The van der Waals surface area contributed by atoms with Gasteiger partial charge < -0.3 is 9.64 Å². The van der Waals surface area contributed by atoms with Crippen molar-refractivity contribution < 1.29 is 9.53 Å². The number of nitrogens with one attached hydrogen (secondary N) is 1. The van der Waals surface area contributed by atoms with E-state index in [-0.39, 0.29) is 5.91 Å². The van der Waals surface area contributed by atoms with Gasteiger partial charge >= 0.3 is 0 Å². The summed E-state index contributed by atoms with van der Waals surface area (Å²) in [5.74, 6) is -0.332. The molecule has 1 saturated heterocycles. The van der Waals surface area contributed by atoms with Gasteiger partial charge in [0.15, 0.2) is 0 Å². The summed E-state index contributed by atoms with van der Waals surface area (Å²) in [6.07, 6.45) is 1.61. The molecular formula is C18H18ClN3O2. The maximum absolute atomic E-state index is 12.0. The number of benzene rings is 2. The monoisotopic (exact) mass is 343 g/mol. The molecule has 0 aliphatic carbocycles. The van der Waals surface area contributed by atoms with Gasteiger partial charge in [0.1, 0.15) is 0 Å². The Labute approximate surface area is 145 Å². The van der Waals surface area contributed by atoms with Crippen LogP contribution < -0.4 is 10.3 Å². The van der Waals surface area contributed by atoms with Gasteiger partial charge in [-0.3, -0.25) is 4.79 Å². The lowest BCUT2D eigenvalue weighted by Crippen LogP contribution is -2.36. The van der Waals surface area contributed by atoms with Crippen LogP contribution in [0.25, 0.3) is 0 Å². The van der Waals surface area contributed by atoms with E-state index in [4.69, 9.17) is 16.3 Å². The van der Waals surface area contributed by atoms with Crippen LogP contribution in [0.3, 0.4) is 0 Å². The molecule has 0 unspecified atom stereocenters. The number of amides is 1. The Bertz CT molecular complexity index is 725. The molecule has 124 valence electrons. The van der Waals surface area contributed by atoms with E-state index < -0.39 is 0 Å². The maximum atomic E-state index is 12.0. The molecule has 0 spiro atoms. The van der Waals surface area contributed by atoms with Crippen LogP contribution in [0.1, 0.15) is 15.9 Å². The summed E-state index contributed by atoms with van der Waals surface area (Å²) in [5.41, 5.74) is 4.96. The van der Waals surface area contributed by atoms with Crippen molar-refractivity contribution in [3.05, 3.63) is 64.7 Å². The first-order valence-corrected chi connectivity index (χ1v) is 8.12. The summed E-state index contributed by atoms with van der Waals surface area (Å²) in [5, 5.41) is 4.39.